The second-order valence-corrected chi connectivity index (χ2v) is 8.34. The molecule has 0 aliphatic rings. The van der Waals surface area contributed by atoms with Gasteiger partial charge in [0.05, 0.1) is 5.39 Å². The van der Waals surface area contributed by atoms with E-state index in [1.807, 2.05) is 44.2 Å². The lowest BCUT2D eigenvalue weighted by atomic mass is 10.0. The predicted octanol–water partition coefficient (Wildman–Crippen LogP) is 4.12. The van der Waals surface area contributed by atoms with Crippen LogP contribution in [0.2, 0.25) is 5.02 Å². The SMILES string of the molecule is CC(C)NC(=O)Cn1c(-c2ccccc2)nc2ncc(-c3cc(Cl)cc(C=O)c3)cc2c1=O. The Bertz CT molecular complexity index is 1410. The molecule has 1 N–H and O–H groups in total. The van der Waals surface area contributed by atoms with Crippen molar-refractivity contribution in [1.29, 1.82) is 0 Å². The van der Waals surface area contributed by atoms with Crippen molar-refractivity contribution < 1.29 is 9.59 Å². The molecule has 4 aromatic rings. The summed E-state index contributed by atoms with van der Waals surface area (Å²) in [5.74, 6) is 0.0678. The molecule has 2 aromatic heterocycles. The van der Waals surface area contributed by atoms with Gasteiger partial charge in [0.2, 0.25) is 5.91 Å². The summed E-state index contributed by atoms with van der Waals surface area (Å²) in [4.78, 5) is 46.3. The highest BCUT2D eigenvalue weighted by molar-refractivity contribution is 6.31. The number of carbonyl (C=O) groups excluding carboxylic acids is 2. The van der Waals surface area contributed by atoms with E-state index in [1.165, 1.54) is 4.57 Å². The number of fused-ring (bicyclic) bond motifs is 1. The first-order valence-electron chi connectivity index (χ1n) is 10.4. The van der Waals surface area contributed by atoms with Crippen LogP contribution in [-0.2, 0) is 11.3 Å². The van der Waals surface area contributed by atoms with E-state index in [0.29, 0.717) is 39.4 Å². The lowest BCUT2D eigenvalue weighted by Gasteiger charge is -2.15. The molecule has 0 unspecified atom stereocenters. The first kappa shape index (κ1) is 22.4. The zero-order valence-electron chi connectivity index (χ0n) is 18.1. The van der Waals surface area contributed by atoms with E-state index in [-0.39, 0.29) is 35.1 Å². The minimum Gasteiger partial charge on any atom is -0.352 e. The number of nitrogens with one attached hydrogen (secondary N) is 1. The molecule has 0 fully saturated rings. The Hall–Kier alpha value is -3.84. The zero-order chi connectivity index (χ0) is 23.5. The lowest BCUT2D eigenvalue weighted by molar-refractivity contribution is -0.122. The Kier molecular flexibility index (Phi) is 6.33. The van der Waals surface area contributed by atoms with Gasteiger partial charge in [0, 0.05) is 34.0 Å². The second-order valence-electron chi connectivity index (χ2n) is 7.90. The van der Waals surface area contributed by atoms with Crippen LogP contribution in [0.3, 0.4) is 0 Å². The molecular weight excluding hydrogens is 440 g/mol. The summed E-state index contributed by atoms with van der Waals surface area (Å²) < 4.78 is 1.36. The van der Waals surface area contributed by atoms with Gasteiger partial charge in [-0.1, -0.05) is 41.9 Å². The normalized spacial score (nSPS) is 11.0. The molecule has 0 bridgehead atoms. The van der Waals surface area contributed by atoms with E-state index in [9.17, 15) is 14.4 Å². The molecule has 2 heterocycles. The molecule has 33 heavy (non-hydrogen) atoms. The zero-order valence-corrected chi connectivity index (χ0v) is 18.8. The van der Waals surface area contributed by atoms with Crippen molar-refractivity contribution in [3.63, 3.8) is 0 Å². The standard InChI is InChI=1S/C25H21ClN4O3/c1-15(2)28-22(32)13-30-24(17-6-4-3-5-7-17)29-23-21(25(30)33)11-19(12-27-23)18-8-16(14-31)9-20(26)10-18/h3-12,14-15H,13H2,1-2H3,(H,28,32). The van der Waals surface area contributed by atoms with Gasteiger partial charge in [-0.3, -0.25) is 19.0 Å². The summed E-state index contributed by atoms with van der Waals surface area (Å²) >= 11 is 6.14. The van der Waals surface area contributed by atoms with Crippen LogP contribution >= 0.6 is 11.6 Å². The number of pyridine rings is 1. The number of aldehydes is 1. The third kappa shape index (κ3) is 4.83. The smallest absolute Gasteiger partial charge is 0.263 e. The van der Waals surface area contributed by atoms with E-state index in [1.54, 1.807) is 30.5 Å². The number of halogens is 1. The highest BCUT2D eigenvalue weighted by Crippen LogP contribution is 2.26. The van der Waals surface area contributed by atoms with Crippen molar-refractivity contribution in [1.82, 2.24) is 19.9 Å². The topological polar surface area (TPSA) is 93.9 Å². The summed E-state index contributed by atoms with van der Waals surface area (Å²) in [6, 6.07) is 15.7. The molecule has 0 aliphatic carbocycles. The number of benzene rings is 2. The van der Waals surface area contributed by atoms with Gasteiger partial charge < -0.3 is 5.32 Å². The quantitative estimate of drug-likeness (QED) is 0.437. The summed E-state index contributed by atoms with van der Waals surface area (Å²) in [5.41, 5.74) is 2.25. The first-order chi connectivity index (χ1) is 15.9. The van der Waals surface area contributed by atoms with Crippen molar-refractivity contribution >= 4 is 34.8 Å². The summed E-state index contributed by atoms with van der Waals surface area (Å²) in [6.07, 6.45) is 2.29. The number of rotatable bonds is 6. The number of nitrogens with zero attached hydrogens (tertiary/aromatic N) is 3. The maximum Gasteiger partial charge on any atom is 0.263 e. The van der Waals surface area contributed by atoms with Gasteiger partial charge in [0.15, 0.2) is 5.65 Å². The molecule has 0 spiro atoms. The largest absolute Gasteiger partial charge is 0.352 e. The summed E-state index contributed by atoms with van der Waals surface area (Å²) in [5, 5.41) is 3.47. The molecule has 2 aromatic carbocycles. The molecular formula is C25H21ClN4O3. The van der Waals surface area contributed by atoms with Gasteiger partial charge in [-0.25, -0.2) is 9.97 Å². The van der Waals surface area contributed by atoms with E-state index in [4.69, 9.17) is 11.6 Å². The number of amides is 1. The Morgan fingerprint density at radius 2 is 1.85 bits per heavy atom. The highest BCUT2D eigenvalue weighted by Gasteiger charge is 2.17. The van der Waals surface area contributed by atoms with Gasteiger partial charge in [-0.05, 0) is 43.7 Å². The van der Waals surface area contributed by atoms with Crippen LogP contribution in [0.5, 0.6) is 0 Å². The maximum atomic E-state index is 13.5. The fourth-order valence-electron chi connectivity index (χ4n) is 3.58. The van der Waals surface area contributed by atoms with Crippen LogP contribution in [0.15, 0.2) is 65.6 Å². The van der Waals surface area contributed by atoms with E-state index in [0.717, 1.165) is 0 Å². The van der Waals surface area contributed by atoms with Crippen molar-refractivity contribution in [2.45, 2.75) is 26.4 Å². The molecule has 0 saturated carbocycles. The molecule has 4 rings (SSSR count). The van der Waals surface area contributed by atoms with Crippen LogP contribution in [0, 0.1) is 0 Å². The molecule has 8 heteroatoms. The molecule has 0 saturated heterocycles. The number of hydrogen-bond acceptors (Lipinski definition) is 5. The second kappa shape index (κ2) is 9.34. The fourth-order valence-corrected chi connectivity index (χ4v) is 3.82. The van der Waals surface area contributed by atoms with Gasteiger partial charge in [0.25, 0.3) is 5.56 Å². The molecule has 0 aliphatic heterocycles. The fraction of sp³-hybridized carbons (Fsp3) is 0.160. The number of carbonyl (C=O) groups is 2. The van der Waals surface area contributed by atoms with Gasteiger partial charge in [-0.15, -0.1) is 0 Å². The monoisotopic (exact) mass is 460 g/mol. The molecule has 1 amide bonds. The van der Waals surface area contributed by atoms with Crippen LogP contribution in [0.4, 0.5) is 0 Å². The lowest BCUT2D eigenvalue weighted by Crippen LogP contribution is -2.37. The third-order valence-electron chi connectivity index (χ3n) is 4.98. The van der Waals surface area contributed by atoms with Gasteiger partial charge >= 0.3 is 0 Å². The first-order valence-corrected chi connectivity index (χ1v) is 10.7. The Morgan fingerprint density at radius 3 is 2.55 bits per heavy atom. The van der Waals surface area contributed by atoms with Gasteiger partial charge in [-0.2, -0.15) is 0 Å². The Balaban J connectivity index is 1.91. The number of hydrogen-bond donors (Lipinski definition) is 1. The van der Waals surface area contributed by atoms with Crippen LogP contribution < -0.4 is 10.9 Å². The summed E-state index contributed by atoms with van der Waals surface area (Å²) in [7, 11) is 0. The minimum atomic E-state index is -0.384. The molecule has 0 atom stereocenters. The van der Waals surface area contributed by atoms with Crippen molar-refractivity contribution in [2.24, 2.45) is 0 Å². The molecule has 7 nitrogen and oxygen atoms in total. The predicted molar refractivity (Wildman–Crippen MR) is 128 cm³/mol. The number of aromatic nitrogens is 3. The highest BCUT2D eigenvalue weighted by atomic mass is 35.5. The Labute approximate surface area is 195 Å². The van der Waals surface area contributed by atoms with Crippen molar-refractivity contribution in [3.8, 4) is 22.5 Å². The van der Waals surface area contributed by atoms with Crippen LogP contribution in [0.1, 0.15) is 24.2 Å². The van der Waals surface area contributed by atoms with E-state index < -0.39 is 0 Å². The third-order valence-corrected chi connectivity index (χ3v) is 5.20. The average Bonchev–Trinajstić information content (AvgIpc) is 2.80. The van der Waals surface area contributed by atoms with Crippen molar-refractivity contribution in [2.75, 3.05) is 0 Å². The summed E-state index contributed by atoms with van der Waals surface area (Å²) in [6.45, 7) is 3.53. The van der Waals surface area contributed by atoms with E-state index >= 15 is 0 Å². The van der Waals surface area contributed by atoms with E-state index in [2.05, 4.69) is 15.3 Å². The van der Waals surface area contributed by atoms with Gasteiger partial charge in [0.1, 0.15) is 18.7 Å². The van der Waals surface area contributed by atoms with Crippen molar-refractivity contribution in [3.05, 3.63) is 81.7 Å². The molecule has 166 valence electrons. The van der Waals surface area contributed by atoms with Crippen LogP contribution in [-0.4, -0.2) is 32.8 Å². The maximum absolute atomic E-state index is 13.5. The Morgan fingerprint density at radius 1 is 1.09 bits per heavy atom. The van der Waals surface area contributed by atoms with Crippen LogP contribution in [0.25, 0.3) is 33.5 Å². The minimum absolute atomic E-state index is 0.0649. The molecule has 0 radical (unpaired) electrons. The average molecular weight is 461 g/mol.